The lowest BCUT2D eigenvalue weighted by atomic mass is 10.4. The van der Waals surface area contributed by atoms with E-state index in [4.69, 9.17) is 27.9 Å². The summed E-state index contributed by atoms with van der Waals surface area (Å²) < 4.78 is 6.41. The molecule has 0 unspecified atom stereocenters. The SMILES string of the molecule is O=C(OCc1cc(=O)n2cc(Cl)ccc2n1)c1cc(Cl)c[nH]1. The molecule has 112 valence electrons. The summed E-state index contributed by atoms with van der Waals surface area (Å²) in [6.45, 7) is -0.121. The summed E-state index contributed by atoms with van der Waals surface area (Å²) in [7, 11) is 0. The Labute approximate surface area is 134 Å². The van der Waals surface area contributed by atoms with Crippen molar-refractivity contribution < 1.29 is 9.53 Å². The maximum atomic E-state index is 12.0. The van der Waals surface area contributed by atoms with Crippen molar-refractivity contribution in [2.45, 2.75) is 6.61 Å². The molecule has 6 nitrogen and oxygen atoms in total. The van der Waals surface area contributed by atoms with E-state index in [1.165, 1.54) is 28.9 Å². The molecular formula is C14H9Cl2N3O3. The van der Waals surface area contributed by atoms with Crippen LogP contribution in [-0.4, -0.2) is 20.3 Å². The fourth-order valence-corrected chi connectivity index (χ4v) is 2.23. The Morgan fingerprint density at radius 3 is 2.82 bits per heavy atom. The zero-order chi connectivity index (χ0) is 15.7. The van der Waals surface area contributed by atoms with Crippen LogP contribution in [0.4, 0.5) is 0 Å². The van der Waals surface area contributed by atoms with Gasteiger partial charge in [-0.05, 0) is 18.2 Å². The predicted molar refractivity (Wildman–Crippen MR) is 81.4 cm³/mol. The van der Waals surface area contributed by atoms with Gasteiger partial charge in [0.1, 0.15) is 17.9 Å². The molecule has 0 aromatic carbocycles. The predicted octanol–water partition coefficient (Wildman–Crippen LogP) is 2.69. The lowest BCUT2D eigenvalue weighted by Gasteiger charge is -2.05. The molecule has 3 aromatic heterocycles. The molecule has 0 radical (unpaired) electrons. The molecule has 0 aliphatic carbocycles. The first-order valence-electron chi connectivity index (χ1n) is 6.22. The number of carbonyl (C=O) groups is 1. The smallest absolute Gasteiger partial charge is 0.355 e. The quantitative estimate of drug-likeness (QED) is 0.745. The van der Waals surface area contributed by atoms with E-state index in [2.05, 4.69) is 9.97 Å². The Kier molecular flexibility index (Phi) is 3.87. The van der Waals surface area contributed by atoms with Crippen molar-refractivity contribution in [1.82, 2.24) is 14.4 Å². The average Bonchev–Trinajstić information content (AvgIpc) is 2.92. The van der Waals surface area contributed by atoms with E-state index in [1.807, 2.05) is 0 Å². The topological polar surface area (TPSA) is 76.5 Å². The third-order valence-corrected chi connectivity index (χ3v) is 3.34. The lowest BCUT2D eigenvalue weighted by Crippen LogP contribution is -2.16. The molecule has 3 rings (SSSR count). The molecule has 0 amide bonds. The van der Waals surface area contributed by atoms with Crippen molar-refractivity contribution >= 4 is 34.8 Å². The van der Waals surface area contributed by atoms with Gasteiger partial charge in [0, 0.05) is 18.5 Å². The fraction of sp³-hybridized carbons (Fsp3) is 0.0714. The van der Waals surface area contributed by atoms with E-state index in [0.29, 0.717) is 21.4 Å². The number of rotatable bonds is 3. The number of carbonyl (C=O) groups excluding carboxylic acids is 1. The number of aromatic nitrogens is 3. The van der Waals surface area contributed by atoms with Crippen LogP contribution in [0.5, 0.6) is 0 Å². The molecule has 1 N–H and O–H groups in total. The molecule has 22 heavy (non-hydrogen) atoms. The summed E-state index contributed by atoms with van der Waals surface area (Å²) in [5.41, 5.74) is 0.694. The Morgan fingerprint density at radius 1 is 1.27 bits per heavy atom. The van der Waals surface area contributed by atoms with Gasteiger partial charge in [0.05, 0.1) is 15.7 Å². The van der Waals surface area contributed by atoms with Crippen LogP contribution in [-0.2, 0) is 11.3 Å². The van der Waals surface area contributed by atoms with E-state index in [-0.39, 0.29) is 17.9 Å². The highest BCUT2D eigenvalue weighted by Crippen LogP contribution is 2.12. The van der Waals surface area contributed by atoms with Crippen LogP contribution in [0.1, 0.15) is 16.2 Å². The average molecular weight is 338 g/mol. The first-order valence-corrected chi connectivity index (χ1v) is 6.97. The number of nitrogens with zero attached hydrogens (tertiary/aromatic N) is 2. The monoisotopic (exact) mass is 337 g/mol. The molecule has 0 atom stereocenters. The van der Waals surface area contributed by atoms with Crippen molar-refractivity contribution in [2.24, 2.45) is 0 Å². The van der Waals surface area contributed by atoms with E-state index < -0.39 is 5.97 Å². The van der Waals surface area contributed by atoms with Crippen LogP contribution in [0, 0.1) is 0 Å². The Balaban J connectivity index is 1.81. The first kappa shape index (κ1) is 14.6. The minimum absolute atomic E-state index is 0.121. The summed E-state index contributed by atoms with van der Waals surface area (Å²) >= 11 is 11.5. The van der Waals surface area contributed by atoms with Crippen LogP contribution in [0.3, 0.4) is 0 Å². The summed E-state index contributed by atoms with van der Waals surface area (Å²) in [6.07, 6.45) is 2.95. The second kappa shape index (κ2) is 5.82. The number of pyridine rings is 1. The van der Waals surface area contributed by atoms with E-state index in [1.54, 1.807) is 12.1 Å². The van der Waals surface area contributed by atoms with Crippen molar-refractivity contribution in [3.63, 3.8) is 0 Å². The van der Waals surface area contributed by atoms with Crippen molar-refractivity contribution in [1.29, 1.82) is 0 Å². The number of H-pyrrole nitrogens is 1. The van der Waals surface area contributed by atoms with Gasteiger partial charge in [0.2, 0.25) is 0 Å². The zero-order valence-electron chi connectivity index (χ0n) is 11.0. The second-order valence-corrected chi connectivity index (χ2v) is 5.34. The maximum Gasteiger partial charge on any atom is 0.355 e. The van der Waals surface area contributed by atoms with Gasteiger partial charge in [-0.15, -0.1) is 0 Å². The number of halogens is 2. The third-order valence-electron chi connectivity index (χ3n) is 2.90. The Hall–Kier alpha value is -2.31. The van der Waals surface area contributed by atoms with Crippen LogP contribution in [0.2, 0.25) is 10.0 Å². The molecule has 8 heteroatoms. The number of esters is 1. The van der Waals surface area contributed by atoms with Gasteiger partial charge in [-0.1, -0.05) is 23.2 Å². The number of aromatic amines is 1. The number of fused-ring (bicyclic) bond motifs is 1. The molecule has 0 saturated carbocycles. The van der Waals surface area contributed by atoms with Crippen LogP contribution in [0.15, 0.2) is 41.5 Å². The largest absolute Gasteiger partial charge is 0.455 e. The van der Waals surface area contributed by atoms with Crippen LogP contribution >= 0.6 is 23.2 Å². The van der Waals surface area contributed by atoms with Crippen LogP contribution < -0.4 is 5.56 Å². The maximum absolute atomic E-state index is 12.0. The highest BCUT2D eigenvalue weighted by Gasteiger charge is 2.11. The van der Waals surface area contributed by atoms with Crippen molar-refractivity contribution in [3.05, 3.63) is 68.4 Å². The molecule has 0 aliphatic heterocycles. The summed E-state index contributed by atoms with van der Waals surface area (Å²) in [6, 6.07) is 5.98. The number of ether oxygens (including phenoxy) is 1. The van der Waals surface area contributed by atoms with Crippen LogP contribution in [0.25, 0.3) is 5.65 Å². The number of nitrogens with one attached hydrogen (secondary N) is 1. The fourth-order valence-electron chi connectivity index (χ4n) is 1.90. The summed E-state index contributed by atoms with van der Waals surface area (Å²) in [5, 5.41) is 0.838. The van der Waals surface area contributed by atoms with Gasteiger partial charge < -0.3 is 9.72 Å². The normalized spacial score (nSPS) is 10.8. The number of hydrogen-bond acceptors (Lipinski definition) is 4. The molecule has 3 heterocycles. The first-order chi connectivity index (χ1) is 10.5. The van der Waals surface area contributed by atoms with Gasteiger partial charge >= 0.3 is 5.97 Å². The Morgan fingerprint density at radius 2 is 2.09 bits per heavy atom. The minimum Gasteiger partial charge on any atom is -0.455 e. The van der Waals surface area contributed by atoms with E-state index in [9.17, 15) is 9.59 Å². The molecule has 0 spiro atoms. The van der Waals surface area contributed by atoms with Gasteiger partial charge in [-0.2, -0.15) is 0 Å². The zero-order valence-corrected chi connectivity index (χ0v) is 12.6. The molecule has 0 fully saturated rings. The standard InChI is InChI=1S/C14H9Cl2N3O3/c15-8-1-2-12-18-10(4-13(20)19(12)6-8)7-22-14(21)11-3-9(16)5-17-11/h1-6,17H,7H2. The molecule has 3 aromatic rings. The summed E-state index contributed by atoms with van der Waals surface area (Å²) in [4.78, 5) is 30.7. The second-order valence-electron chi connectivity index (χ2n) is 4.47. The van der Waals surface area contributed by atoms with Crippen molar-refractivity contribution in [3.8, 4) is 0 Å². The minimum atomic E-state index is -0.579. The molecule has 0 aliphatic rings. The van der Waals surface area contributed by atoms with Gasteiger partial charge in [-0.3, -0.25) is 9.20 Å². The van der Waals surface area contributed by atoms with Gasteiger partial charge in [0.25, 0.3) is 5.56 Å². The summed E-state index contributed by atoms with van der Waals surface area (Å²) in [5.74, 6) is -0.579. The lowest BCUT2D eigenvalue weighted by molar-refractivity contribution is 0.0461. The Bertz CT molecular complexity index is 917. The van der Waals surface area contributed by atoms with Gasteiger partial charge in [-0.25, -0.2) is 9.78 Å². The number of hydrogen-bond donors (Lipinski definition) is 1. The highest BCUT2D eigenvalue weighted by atomic mass is 35.5. The molecule has 0 bridgehead atoms. The van der Waals surface area contributed by atoms with Crippen molar-refractivity contribution in [2.75, 3.05) is 0 Å². The van der Waals surface area contributed by atoms with Gasteiger partial charge in [0.15, 0.2) is 0 Å². The van der Waals surface area contributed by atoms with E-state index >= 15 is 0 Å². The highest BCUT2D eigenvalue weighted by molar-refractivity contribution is 6.31. The van der Waals surface area contributed by atoms with E-state index in [0.717, 1.165) is 0 Å². The third kappa shape index (κ3) is 2.98. The molecular weight excluding hydrogens is 329 g/mol. The molecule has 0 saturated heterocycles.